The summed E-state index contributed by atoms with van der Waals surface area (Å²) in [6.07, 6.45) is 5.63. The van der Waals surface area contributed by atoms with E-state index in [-0.39, 0.29) is 49.4 Å². The van der Waals surface area contributed by atoms with Crippen molar-refractivity contribution >= 4 is 29.8 Å². The Bertz CT molecular complexity index is 954. The zero-order valence-corrected chi connectivity index (χ0v) is 26.6. The molecule has 46 heavy (non-hydrogen) atoms. The normalized spacial score (nSPS) is 22.7. The summed E-state index contributed by atoms with van der Waals surface area (Å²) in [5.74, 6) is -5.81. The molecule has 1 saturated heterocycles. The summed E-state index contributed by atoms with van der Waals surface area (Å²) < 4.78 is 0. The standard InChI is InChI=1S/C30H56N6O10/c31-20(26(37)38)6-2-1-5-17(8-11-22(33)28(41)42)25-18(9-12-23(34)29(43)44)15-36(14-4-3-7-21(32)27(39)40)16-19(25)10-13-24(35)30(45)46/h17-25H,1-16,31-35H2,(H,37,38)(H,39,40)(H,41,42)(H,43,44)(H,45,46)/t17-,18?,19?,20+,21+,22+,23+,24+,25?/m1/s1. The van der Waals surface area contributed by atoms with Crippen LogP contribution in [0.3, 0.4) is 0 Å². The van der Waals surface area contributed by atoms with E-state index in [1.54, 1.807) is 0 Å². The second kappa shape index (κ2) is 21.1. The number of hydrogen-bond acceptors (Lipinski definition) is 11. The maximum absolute atomic E-state index is 11.6. The highest BCUT2D eigenvalue weighted by molar-refractivity contribution is 5.74. The number of carboxylic acid groups (broad SMARTS) is 5. The molecular weight excluding hydrogens is 604 g/mol. The molecule has 0 aromatic heterocycles. The number of hydrogen-bond donors (Lipinski definition) is 10. The third-order valence-electron chi connectivity index (χ3n) is 9.33. The minimum Gasteiger partial charge on any atom is -0.480 e. The van der Waals surface area contributed by atoms with Crippen molar-refractivity contribution in [3.05, 3.63) is 0 Å². The molecule has 0 aromatic carbocycles. The lowest BCUT2D eigenvalue weighted by Crippen LogP contribution is -2.50. The lowest BCUT2D eigenvalue weighted by atomic mass is 9.64. The van der Waals surface area contributed by atoms with Crippen LogP contribution in [-0.2, 0) is 24.0 Å². The first-order chi connectivity index (χ1) is 21.5. The second-order valence-electron chi connectivity index (χ2n) is 12.9. The van der Waals surface area contributed by atoms with Gasteiger partial charge in [-0.3, -0.25) is 24.0 Å². The Kier molecular flexibility index (Phi) is 18.8. The number of rotatable bonds is 25. The Morgan fingerprint density at radius 1 is 0.500 bits per heavy atom. The third kappa shape index (κ3) is 15.1. The van der Waals surface area contributed by atoms with Gasteiger partial charge in [-0.05, 0) is 88.0 Å². The van der Waals surface area contributed by atoms with Crippen LogP contribution in [0.1, 0.15) is 83.5 Å². The Balaban J connectivity index is 3.35. The van der Waals surface area contributed by atoms with Gasteiger partial charge in [0.25, 0.3) is 0 Å². The van der Waals surface area contributed by atoms with Gasteiger partial charge in [-0.15, -0.1) is 0 Å². The Labute approximate surface area is 270 Å². The minimum absolute atomic E-state index is 0.0622. The molecule has 8 atom stereocenters. The van der Waals surface area contributed by atoms with Crippen LogP contribution in [0.15, 0.2) is 0 Å². The van der Waals surface area contributed by atoms with Crippen LogP contribution in [0.25, 0.3) is 0 Å². The molecule has 0 radical (unpaired) electrons. The van der Waals surface area contributed by atoms with E-state index in [1.807, 2.05) is 0 Å². The van der Waals surface area contributed by atoms with Crippen molar-refractivity contribution in [3.63, 3.8) is 0 Å². The number of unbranched alkanes of at least 4 members (excludes halogenated alkanes) is 2. The van der Waals surface area contributed by atoms with E-state index >= 15 is 0 Å². The largest absolute Gasteiger partial charge is 0.480 e. The van der Waals surface area contributed by atoms with E-state index < -0.39 is 60.1 Å². The molecule has 1 fully saturated rings. The zero-order chi connectivity index (χ0) is 35.0. The number of likely N-dealkylation sites (tertiary alicyclic amines) is 1. The molecule has 0 bridgehead atoms. The van der Waals surface area contributed by atoms with Crippen LogP contribution >= 0.6 is 0 Å². The van der Waals surface area contributed by atoms with Crippen molar-refractivity contribution in [2.45, 2.75) is 114 Å². The Morgan fingerprint density at radius 3 is 1.26 bits per heavy atom. The molecule has 0 saturated carbocycles. The quantitative estimate of drug-likeness (QED) is 0.0571. The van der Waals surface area contributed by atoms with E-state index in [0.29, 0.717) is 77.4 Å². The van der Waals surface area contributed by atoms with Gasteiger partial charge < -0.3 is 59.1 Å². The molecule has 1 aliphatic heterocycles. The lowest BCUT2D eigenvalue weighted by Gasteiger charge is -2.48. The molecule has 1 rings (SSSR count). The molecular formula is C30H56N6O10. The molecule has 0 aliphatic carbocycles. The van der Waals surface area contributed by atoms with Gasteiger partial charge in [0.05, 0.1) is 0 Å². The number of nitrogens with two attached hydrogens (primary N) is 5. The minimum atomic E-state index is -1.13. The molecule has 16 nitrogen and oxygen atoms in total. The predicted octanol–water partition coefficient (Wildman–Crippen LogP) is -0.102. The average molecular weight is 661 g/mol. The number of nitrogens with zero attached hydrogens (tertiary/aromatic N) is 1. The predicted molar refractivity (Wildman–Crippen MR) is 168 cm³/mol. The highest BCUT2D eigenvalue weighted by Gasteiger charge is 2.41. The maximum atomic E-state index is 11.6. The van der Waals surface area contributed by atoms with Gasteiger partial charge >= 0.3 is 29.8 Å². The van der Waals surface area contributed by atoms with E-state index in [1.165, 1.54) is 0 Å². The highest BCUT2D eigenvalue weighted by atomic mass is 16.4. The van der Waals surface area contributed by atoms with E-state index in [0.717, 1.165) is 0 Å². The van der Waals surface area contributed by atoms with Gasteiger partial charge in [-0.1, -0.05) is 25.7 Å². The van der Waals surface area contributed by atoms with Crippen molar-refractivity contribution in [1.82, 2.24) is 4.90 Å². The summed E-state index contributed by atoms with van der Waals surface area (Å²) >= 11 is 0. The van der Waals surface area contributed by atoms with Gasteiger partial charge in [0.15, 0.2) is 0 Å². The van der Waals surface area contributed by atoms with Crippen LogP contribution in [0.5, 0.6) is 0 Å². The fourth-order valence-corrected chi connectivity index (χ4v) is 6.68. The van der Waals surface area contributed by atoms with Crippen molar-refractivity contribution < 1.29 is 49.5 Å². The highest BCUT2D eigenvalue weighted by Crippen LogP contribution is 2.43. The first kappa shape index (κ1) is 41.1. The molecule has 1 heterocycles. The van der Waals surface area contributed by atoms with Gasteiger partial charge in [0.2, 0.25) is 0 Å². The smallest absolute Gasteiger partial charge is 0.320 e. The average Bonchev–Trinajstić information content (AvgIpc) is 2.99. The van der Waals surface area contributed by atoms with Crippen molar-refractivity contribution in [1.29, 1.82) is 0 Å². The molecule has 16 heteroatoms. The van der Waals surface area contributed by atoms with Crippen LogP contribution in [0, 0.1) is 23.7 Å². The molecule has 0 aromatic rings. The summed E-state index contributed by atoms with van der Waals surface area (Å²) in [6, 6.07) is -5.20. The summed E-state index contributed by atoms with van der Waals surface area (Å²) in [5.41, 5.74) is 29.0. The monoisotopic (exact) mass is 660 g/mol. The molecule has 15 N–H and O–H groups in total. The molecule has 0 amide bonds. The van der Waals surface area contributed by atoms with Crippen LogP contribution in [-0.4, -0.2) is 110 Å². The van der Waals surface area contributed by atoms with Crippen molar-refractivity contribution in [2.75, 3.05) is 19.6 Å². The Hall–Kier alpha value is -2.89. The van der Waals surface area contributed by atoms with Gasteiger partial charge in [-0.2, -0.15) is 0 Å². The molecule has 0 spiro atoms. The molecule has 1 aliphatic rings. The fraction of sp³-hybridized carbons (Fsp3) is 0.833. The zero-order valence-electron chi connectivity index (χ0n) is 26.6. The first-order valence-corrected chi connectivity index (χ1v) is 16.2. The maximum Gasteiger partial charge on any atom is 0.320 e. The van der Waals surface area contributed by atoms with Gasteiger partial charge in [0.1, 0.15) is 30.2 Å². The number of carbonyl (C=O) groups is 5. The summed E-state index contributed by atoms with van der Waals surface area (Å²) in [6.45, 7) is 1.81. The van der Waals surface area contributed by atoms with Crippen LogP contribution in [0.2, 0.25) is 0 Å². The van der Waals surface area contributed by atoms with Gasteiger partial charge in [-0.25, -0.2) is 0 Å². The SMILES string of the molecule is N[C@@H](CCCC[C@H](CC[C@H](N)C(=O)O)C1C(CC[C@H](N)C(=O)O)CN(CCCC[C@H](N)C(=O)O)CC1CC[C@H](N)C(=O)O)C(=O)O. The number of carboxylic acids is 5. The third-order valence-corrected chi connectivity index (χ3v) is 9.33. The summed E-state index contributed by atoms with van der Waals surface area (Å²) in [7, 11) is 0. The van der Waals surface area contributed by atoms with E-state index in [9.17, 15) is 39.3 Å². The number of piperidine rings is 1. The van der Waals surface area contributed by atoms with Crippen molar-refractivity contribution in [3.8, 4) is 0 Å². The fourth-order valence-electron chi connectivity index (χ4n) is 6.68. The van der Waals surface area contributed by atoms with Crippen molar-refractivity contribution in [2.24, 2.45) is 52.3 Å². The summed E-state index contributed by atoms with van der Waals surface area (Å²) in [4.78, 5) is 59.3. The van der Waals surface area contributed by atoms with Crippen LogP contribution in [0.4, 0.5) is 0 Å². The van der Waals surface area contributed by atoms with E-state index in [2.05, 4.69) is 4.90 Å². The van der Waals surface area contributed by atoms with E-state index in [4.69, 9.17) is 38.9 Å². The second-order valence-corrected chi connectivity index (χ2v) is 12.9. The summed E-state index contributed by atoms with van der Waals surface area (Å²) in [5, 5.41) is 46.6. The Morgan fingerprint density at radius 2 is 0.848 bits per heavy atom. The molecule has 266 valence electrons. The topological polar surface area (TPSA) is 320 Å². The van der Waals surface area contributed by atoms with Gasteiger partial charge in [0, 0.05) is 13.1 Å². The number of aliphatic carboxylic acids is 5. The lowest BCUT2D eigenvalue weighted by molar-refractivity contribution is -0.139. The first-order valence-electron chi connectivity index (χ1n) is 16.2. The van der Waals surface area contributed by atoms with Crippen LogP contribution < -0.4 is 28.7 Å². The molecule has 2 unspecified atom stereocenters.